The van der Waals surface area contributed by atoms with Crippen LogP contribution in [0.2, 0.25) is 5.02 Å². The van der Waals surface area contributed by atoms with E-state index in [1.54, 1.807) is 18.2 Å². The average Bonchev–Trinajstić information content (AvgIpc) is 2.80. The van der Waals surface area contributed by atoms with E-state index in [-0.39, 0.29) is 17.4 Å². The second kappa shape index (κ2) is 9.86. The normalized spacial score (nSPS) is 17.9. The Morgan fingerprint density at radius 2 is 1.97 bits per heavy atom. The number of halogens is 1. The number of hydrogen-bond acceptors (Lipinski definition) is 5. The van der Waals surface area contributed by atoms with Gasteiger partial charge in [0, 0.05) is 28.4 Å². The zero-order chi connectivity index (χ0) is 23.5. The van der Waals surface area contributed by atoms with Gasteiger partial charge in [-0.2, -0.15) is 5.26 Å². The second-order valence-corrected chi connectivity index (χ2v) is 9.63. The molecule has 1 atom stereocenters. The first-order chi connectivity index (χ1) is 15.9. The van der Waals surface area contributed by atoms with Crippen molar-refractivity contribution in [2.75, 3.05) is 11.1 Å². The number of dihydropyridines is 1. The van der Waals surface area contributed by atoms with E-state index in [2.05, 4.69) is 16.7 Å². The van der Waals surface area contributed by atoms with Crippen molar-refractivity contribution in [1.82, 2.24) is 5.32 Å². The average molecular weight is 478 g/mol. The lowest BCUT2D eigenvalue weighted by atomic mass is 9.77. The Morgan fingerprint density at radius 3 is 2.70 bits per heavy atom. The fourth-order valence-corrected chi connectivity index (χ4v) is 5.23. The molecule has 2 aliphatic rings. The standard InChI is InChI=1S/C26H24ClN3O2S/c1-15-9-11-17(12-10-15)24-18(13-28)26(30-21-7-4-8-22(31)25(21)24)33-14-23(32)29-20-6-3-5-19(27)16(20)2/h3,5-6,9-12,24,30H,4,7-8,14H2,1-2H3,(H,29,32). The molecule has 2 N–H and O–H groups in total. The van der Waals surface area contributed by atoms with Crippen LogP contribution in [0.1, 0.15) is 41.9 Å². The van der Waals surface area contributed by atoms with Crippen molar-refractivity contribution in [1.29, 1.82) is 5.26 Å². The maximum Gasteiger partial charge on any atom is 0.234 e. The number of nitrogens with zero attached hydrogens (tertiary/aromatic N) is 1. The van der Waals surface area contributed by atoms with Crippen molar-refractivity contribution in [3.05, 3.63) is 86.0 Å². The Hall–Kier alpha value is -3.01. The van der Waals surface area contributed by atoms with Crippen molar-refractivity contribution < 1.29 is 9.59 Å². The molecule has 5 nitrogen and oxygen atoms in total. The molecule has 0 aromatic heterocycles. The van der Waals surface area contributed by atoms with Gasteiger partial charge in [0.1, 0.15) is 0 Å². The summed E-state index contributed by atoms with van der Waals surface area (Å²) in [5.41, 5.74) is 5.53. The highest BCUT2D eigenvalue weighted by Crippen LogP contribution is 2.44. The lowest BCUT2D eigenvalue weighted by Crippen LogP contribution is -2.31. The van der Waals surface area contributed by atoms with E-state index in [0.29, 0.717) is 33.3 Å². The van der Waals surface area contributed by atoms with Crippen LogP contribution in [-0.4, -0.2) is 17.4 Å². The Kier molecular flexibility index (Phi) is 6.92. The number of carbonyl (C=O) groups excluding carboxylic acids is 2. The number of rotatable bonds is 5. The fourth-order valence-electron chi connectivity index (χ4n) is 4.20. The third kappa shape index (κ3) is 4.85. The predicted molar refractivity (Wildman–Crippen MR) is 133 cm³/mol. The summed E-state index contributed by atoms with van der Waals surface area (Å²) in [5.74, 6) is -0.402. The van der Waals surface area contributed by atoms with Crippen LogP contribution >= 0.6 is 23.4 Å². The number of carbonyl (C=O) groups is 2. The van der Waals surface area contributed by atoms with Gasteiger partial charge >= 0.3 is 0 Å². The Morgan fingerprint density at radius 1 is 1.21 bits per heavy atom. The summed E-state index contributed by atoms with van der Waals surface area (Å²) >= 11 is 7.43. The van der Waals surface area contributed by atoms with Crippen LogP contribution in [0, 0.1) is 25.2 Å². The summed E-state index contributed by atoms with van der Waals surface area (Å²) in [4.78, 5) is 25.5. The summed E-state index contributed by atoms with van der Waals surface area (Å²) in [6, 6.07) is 15.6. The molecule has 0 fully saturated rings. The smallest absolute Gasteiger partial charge is 0.234 e. The summed E-state index contributed by atoms with van der Waals surface area (Å²) in [6.45, 7) is 3.86. The van der Waals surface area contributed by atoms with Crippen LogP contribution in [0.4, 0.5) is 5.69 Å². The number of nitriles is 1. The Labute approximate surface area is 202 Å². The van der Waals surface area contributed by atoms with E-state index in [4.69, 9.17) is 11.6 Å². The zero-order valence-electron chi connectivity index (χ0n) is 18.5. The number of anilines is 1. The van der Waals surface area contributed by atoms with Crippen LogP contribution < -0.4 is 10.6 Å². The zero-order valence-corrected chi connectivity index (χ0v) is 20.1. The molecule has 0 saturated heterocycles. The molecule has 0 bridgehead atoms. The molecule has 1 heterocycles. The van der Waals surface area contributed by atoms with Gasteiger partial charge in [0.25, 0.3) is 0 Å². The van der Waals surface area contributed by atoms with E-state index < -0.39 is 5.92 Å². The van der Waals surface area contributed by atoms with Crippen LogP contribution in [0.3, 0.4) is 0 Å². The van der Waals surface area contributed by atoms with Crippen LogP contribution in [0.15, 0.2) is 64.3 Å². The summed E-state index contributed by atoms with van der Waals surface area (Å²) in [7, 11) is 0. The minimum atomic E-state index is -0.416. The molecular weight excluding hydrogens is 454 g/mol. The van der Waals surface area contributed by atoms with Crippen molar-refractivity contribution in [2.24, 2.45) is 0 Å². The SMILES string of the molecule is Cc1ccc(C2C(C#N)=C(SCC(=O)Nc3cccc(Cl)c3C)NC3=C2C(=O)CCC3)cc1. The number of allylic oxidation sites excluding steroid dienone is 3. The number of benzene rings is 2. The fraction of sp³-hybridized carbons (Fsp3) is 0.269. The number of nitrogens with one attached hydrogen (secondary N) is 2. The van der Waals surface area contributed by atoms with E-state index in [1.165, 1.54) is 11.8 Å². The second-order valence-electron chi connectivity index (χ2n) is 8.24. The first-order valence-corrected chi connectivity index (χ1v) is 12.2. The third-order valence-corrected chi connectivity index (χ3v) is 7.39. The van der Waals surface area contributed by atoms with Gasteiger partial charge in [-0.25, -0.2) is 0 Å². The molecule has 168 valence electrons. The molecule has 0 saturated carbocycles. The van der Waals surface area contributed by atoms with E-state index in [9.17, 15) is 14.9 Å². The molecule has 7 heteroatoms. The molecule has 1 amide bonds. The van der Waals surface area contributed by atoms with Crippen LogP contribution in [0.5, 0.6) is 0 Å². The molecule has 33 heavy (non-hydrogen) atoms. The van der Waals surface area contributed by atoms with Gasteiger partial charge in [-0.05, 0) is 49.9 Å². The van der Waals surface area contributed by atoms with Gasteiger partial charge in [0.05, 0.1) is 28.3 Å². The molecule has 1 aliphatic heterocycles. The van der Waals surface area contributed by atoms with Crippen molar-refractivity contribution in [3.63, 3.8) is 0 Å². The number of hydrogen-bond donors (Lipinski definition) is 2. The van der Waals surface area contributed by atoms with Crippen LogP contribution in [-0.2, 0) is 9.59 Å². The first-order valence-electron chi connectivity index (χ1n) is 10.8. The molecular formula is C26H24ClN3O2S. The highest BCUT2D eigenvalue weighted by molar-refractivity contribution is 8.03. The van der Waals surface area contributed by atoms with E-state index >= 15 is 0 Å². The van der Waals surface area contributed by atoms with Gasteiger partial charge in [-0.3, -0.25) is 9.59 Å². The quantitative estimate of drug-likeness (QED) is 0.572. The molecule has 0 spiro atoms. The Bertz CT molecular complexity index is 1230. The van der Waals surface area contributed by atoms with Gasteiger partial charge < -0.3 is 10.6 Å². The minimum absolute atomic E-state index is 0.0836. The highest BCUT2D eigenvalue weighted by Gasteiger charge is 2.37. The maximum atomic E-state index is 12.9. The summed E-state index contributed by atoms with van der Waals surface area (Å²) in [5, 5.41) is 17.5. The molecule has 2 aromatic carbocycles. The van der Waals surface area contributed by atoms with Gasteiger partial charge in [0.15, 0.2) is 5.78 Å². The first kappa shape index (κ1) is 23.2. The lowest BCUT2D eigenvalue weighted by Gasteiger charge is -2.33. The van der Waals surface area contributed by atoms with E-state index in [1.807, 2.05) is 38.1 Å². The van der Waals surface area contributed by atoms with Gasteiger partial charge in [-0.1, -0.05) is 59.3 Å². The molecule has 0 radical (unpaired) electrons. The monoisotopic (exact) mass is 477 g/mol. The number of aryl methyl sites for hydroxylation is 1. The van der Waals surface area contributed by atoms with E-state index in [0.717, 1.165) is 35.2 Å². The maximum absolute atomic E-state index is 12.9. The number of ketones is 1. The highest BCUT2D eigenvalue weighted by atomic mass is 35.5. The molecule has 1 aliphatic carbocycles. The number of Topliss-reactive ketones (excluding diaryl/α,β-unsaturated/α-hetero) is 1. The third-order valence-electron chi connectivity index (χ3n) is 5.96. The number of thioether (sulfide) groups is 1. The predicted octanol–water partition coefficient (Wildman–Crippen LogP) is 5.76. The van der Waals surface area contributed by atoms with Crippen molar-refractivity contribution in [3.8, 4) is 6.07 Å². The molecule has 2 aromatic rings. The molecule has 4 rings (SSSR count). The largest absolute Gasteiger partial charge is 0.352 e. The van der Waals surface area contributed by atoms with Gasteiger partial charge in [-0.15, -0.1) is 0 Å². The lowest BCUT2D eigenvalue weighted by molar-refractivity contribution is -0.116. The summed E-state index contributed by atoms with van der Waals surface area (Å²) in [6.07, 6.45) is 2.02. The Balaban J connectivity index is 1.61. The summed E-state index contributed by atoms with van der Waals surface area (Å²) < 4.78 is 0. The van der Waals surface area contributed by atoms with Gasteiger partial charge in [0.2, 0.25) is 5.91 Å². The van der Waals surface area contributed by atoms with Crippen molar-refractivity contribution in [2.45, 2.75) is 39.0 Å². The minimum Gasteiger partial charge on any atom is -0.352 e. The van der Waals surface area contributed by atoms with Crippen molar-refractivity contribution >= 4 is 40.7 Å². The molecule has 1 unspecified atom stereocenters. The number of amides is 1. The van der Waals surface area contributed by atoms with Crippen LogP contribution in [0.25, 0.3) is 0 Å². The topological polar surface area (TPSA) is 82.0 Å².